The smallest absolute Gasteiger partial charge is 0.0751 e. The molecule has 0 aliphatic carbocycles. The lowest BCUT2D eigenvalue weighted by molar-refractivity contribution is 0.156. The van der Waals surface area contributed by atoms with Crippen LogP contribution in [-0.2, 0) is 4.74 Å². The van der Waals surface area contributed by atoms with Crippen molar-refractivity contribution in [2.24, 2.45) is 5.73 Å². The zero-order valence-electron chi connectivity index (χ0n) is 6.11. The Balaban J connectivity index is 2.75. The van der Waals surface area contributed by atoms with E-state index in [-0.39, 0.29) is 0 Å². The minimum absolute atomic E-state index is 0.515. The summed E-state index contributed by atoms with van der Waals surface area (Å²) < 4.78 is 5.14. The van der Waals surface area contributed by atoms with Crippen molar-refractivity contribution in [1.29, 1.82) is 5.41 Å². The first-order chi connectivity index (χ1) is 4.72. The lowest BCUT2D eigenvalue weighted by Crippen LogP contribution is -2.21. The molecule has 3 heteroatoms. The number of allylic oxidation sites excluding steroid dienone is 1. The average molecular weight is 140 g/mol. The molecule has 0 aromatic carbocycles. The van der Waals surface area contributed by atoms with E-state index in [1.165, 1.54) is 0 Å². The van der Waals surface area contributed by atoms with Crippen LogP contribution in [0.25, 0.3) is 0 Å². The third-order valence-corrected chi connectivity index (χ3v) is 1.58. The molecule has 0 radical (unpaired) electrons. The number of nitrogens with two attached hydrogens (primary N) is 1. The van der Waals surface area contributed by atoms with Crippen molar-refractivity contribution < 1.29 is 4.74 Å². The van der Waals surface area contributed by atoms with Gasteiger partial charge in [-0.3, -0.25) is 0 Å². The van der Waals surface area contributed by atoms with Crippen LogP contribution >= 0.6 is 0 Å². The van der Waals surface area contributed by atoms with E-state index in [9.17, 15) is 0 Å². The molecular weight excluding hydrogens is 128 g/mol. The van der Waals surface area contributed by atoms with E-state index in [1.807, 2.05) is 0 Å². The Labute approximate surface area is 60.4 Å². The van der Waals surface area contributed by atoms with Crippen LogP contribution in [0, 0.1) is 5.41 Å². The predicted octanol–water partition coefficient (Wildman–Crippen LogP) is 0.659. The van der Waals surface area contributed by atoms with Crippen LogP contribution < -0.4 is 5.73 Å². The van der Waals surface area contributed by atoms with Crippen LogP contribution in [0.4, 0.5) is 0 Å². The van der Waals surface area contributed by atoms with Crippen LogP contribution in [0.3, 0.4) is 0 Å². The minimum Gasteiger partial charge on any atom is -0.402 e. The highest BCUT2D eigenvalue weighted by Gasteiger charge is 2.12. The molecule has 0 aromatic rings. The maximum absolute atomic E-state index is 7.46. The minimum atomic E-state index is 0.515. The number of nitrogens with one attached hydrogen (secondary N) is 1. The van der Waals surface area contributed by atoms with Gasteiger partial charge in [0.05, 0.1) is 13.2 Å². The lowest BCUT2D eigenvalue weighted by Gasteiger charge is -2.16. The van der Waals surface area contributed by atoms with Gasteiger partial charge in [-0.1, -0.05) is 0 Å². The van der Waals surface area contributed by atoms with Crippen LogP contribution in [0.5, 0.6) is 0 Å². The second-order valence-corrected chi connectivity index (χ2v) is 2.44. The fourth-order valence-electron chi connectivity index (χ4n) is 0.938. The molecule has 0 aromatic heterocycles. The van der Waals surface area contributed by atoms with Gasteiger partial charge in [0.2, 0.25) is 0 Å². The Morgan fingerprint density at radius 1 is 1.70 bits per heavy atom. The normalized spacial score (nSPS) is 24.7. The van der Waals surface area contributed by atoms with Crippen LogP contribution in [0.1, 0.15) is 13.3 Å². The Morgan fingerprint density at radius 3 is 2.80 bits per heavy atom. The number of rotatable bonds is 0. The summed E-state index contributed by atoms with van der Waals surface area (Å²) in [5.74, 6) is 0. The second-order valence-electron chi connectivity index (χ2n) is 2.44. The molecule has 1 saturated heterocycles. The van der Waals surface area contributed by atoms with Gasteiger partial charge in [0.1, 0.15) is 0 Å². The summed E-state index contributed by atoms with van der Waals surface area (Å²) in [5.41, 5.74) is 7.73. The summed E-state index contributed by atoms with van der Waals surface area (Å²) in [6.45, 7) is 2.98. The molecule has 0 unspecified atom stereocenters. The molecule has 0 amide bonds. The van der Waals surface area contributed by atoms with Gasteiger partial charge in [-0.05, 0) is 6.92 Å². The highest BCUT2D eigenvalue weighted by molar-refractivity contribution is 5.99. The molecule has 0 bridgehead atoms. The summed E-state index contributed by atoms with van der Waals surface area (Å²) in [5, 5.41) is 7.46. The maximum atomic E-state index is 7.46. The van der Waals surface area contributed by atoms with Crippen LogP contribution in [-0.4, -0.2) is 18.9 Å². The van der Waals surface area contributed by atoms with Crippen molar-refractivity contribution in [3.63, 3.8) is 0 Å². The van der Waals surface area contributed by atoms with Crippen molar-refractivity contribution in [2.75, 3.05) is 13.2 Å². The first-order valence-electron chi connectivity index (χ1n) is 3.32. The van der Waals surface area contributed by atoms with Crippen molar-refractivity contribution in [3.8, 4) is 0 Å². The van der Waals surface area contributed by atoms with E-state index >= 15 is 0 Å². The molecule has 0 spiro atoms. The standard InChI is InChI=1S/C7H12N2O/c1-5(8)6-4-10-3-2-7(6)9/h9H,2-4,8H2,1H3/b6-5-,9-7?. The number of hydrogen-bond donors (Lipinski definition) is 2. The molecule has 0 saturated carbocycles. The first-order valence-corrected chi connectivity index (χ1v) is 3.32. The summed E-state index contributed by atoms with van der Waals surface area (Å²) in [4.78, 5) is 0. The average Bonchev–Trinajstić information content (AvgIpc) is 1.88. The highest BCUT2D eigenvalue weighted by atomic mass is 16.5. The first kappa shape index (κ1) is 7.28. The molecule has 1 rings (SSSR count). The molecule has 0 atom stereocenters. The Kier molecular flexibility index (Phi) is 2.06. The van der Waals surface area contributed by atoms with Crippen molar-refractivity contribution in [3.05, 3.63) is 11.3 Å². The van der Waals surface area contributed by atoms with E-state index in [2.05, 4.69) is 0 Å². The van der Waals surface area contributed by atoms with Gasteiger partial charge < -0.3 is 15.9 Å². The fourth-order valence-corrected chi connectivity index (χ4v) is 0.938. The Morgan fingerprint density at radius 2 is 2.40 bits per heavy atom. The van der Waals surface area contributed by atoms with Crippen LogP contribution in [0.15, 0.2) is 11.3 Å². The SMILES string of the molecule is C/C(N)=C1\COCCC1=N. The third kappa shape index (κ3) is 1.36. The van der Waals surface area contributed by atoms with Gasteiger partial charge in [-0.2, -0.15) is 0 Å². The second kappa shape index (κ2) is 2.84. The monoisotopic (exact) mass is 140 g/mol. The summed E-state index contributed by atoms with van der Waals surface area (Å²) in [7, 11) is 0. The Bertz CT molecular complexity index is 180. The van der Waals surface area contributed by atoms with Gasteiger partial charge in [-0.25, -0.2) is 0 Å². The molecule has 1 heterocycles. The quantitative estimate of drug-likeness (QED) is 0.519. The molecule has 1 aliphatic heterocycles. The molecule has 3 N–H and O–H groups in total. The summed E-state index contributed by atoms with van der Waals surface area (Å²) >= 11 is 0. The van der Waals surface area contributed by atoms with E-state index in [4.69, 9.17) is 15.9 Å². The molecule has 10 heavy (non-hydrogen) atoms. The van der Waals surface area contributed by atoms with Crippen molar-refractivity contribution in [2.45, 2.75) is 13.3 Å². The zero-order valence-corrected chi connectivity index (χ0v) is 6.11. The van der Waals surface area contributed by atoms with Crippen LogP contribution in [0.2, 0.25) is 0 Å². The lowest BCUT2D eigenvalue weighted by atomic mass is 10.1. The largest absolute Gasteiger partial charge is 0.402 e. The molecular formula is C7H12N2O. The van der Waals surface area contributed by atoms with Crippen molar-refractivity contribution >= 4 is 5.71 Å². The third-order valence-electron chi connectivity index (χ3n) is 1.58. The summed E-state index contributed by atoms with van der Waals surface area (Å²) in [6, 6.07) is 0. The zero-order chi connectivity index (χ0) is 7.56. The van der Waals surface area contributed by atoms with E-state index < -0.39 is 0 Å². The fraction of sp³-hybridized carbons (Fsp3) is 0.571. The predicted molar refractivity (Wildman–Crippen MR) is 40.1 cm³/mol. The topological polar surface area (TPSA) is 59.1 Å². The molecule has 3 nitrogen and oxygen atoms in total. The van der Waals surface area contributed by atoms with Gasteiger partial charge in [-0.15, -0.1) is 0 Å². The van der Waals surface area contributed by atoms with E-state index in [0.29, 0.717) is 31.0 Å². The van der Waals surface area contributed by atoms with Gasteiger partial charge in [0.25, 0.3) is 0 Å². The molecule has 1 fully saturated rings. The number of ether oxygens (including phenoxy) is 1. The highest BCUT2D eigenvalue weighted by Crippen LogP contribution is 2.10. The summed E-state index contributed by atoms with van der Waals surface area (Å²) in [6.07, 6.45) is 0.698. The van der Waals surface area contributed by atoms with Crippen molar-refractivity contribution in [1.82, 2.24) is 0 Å². The van der Waals surface area contributed by atoms with Gasteiger partial charge >= 0.3 is 0 Å². The van der Waals surface area contributed by atoms with Gasteiger partial charge in [0.15, 0.2) is 0 Å². The van der Waals surface area contributed by atoms with Gasteiger partial charge in [0, 0.05) is 23.4 Å². The molecule has 56 valence electrons. The Hall–Kier alpha value is -0.830. The maximum Gasteiger partial charge on any atom is 0.0751 e. The van der Waals surface area contributed by atoms with E-state index in [0.717, 1.165) is 5.57 Å². The molecule has 1 aliphatic rings. The van der Waals surface area contributed by atoms with E-state index in [1.54, 1.807) is 6.92 Å². The number of hydrogen-bond acceptors (Lipinski definition) is 3.